The van der Waals surface area contributed by atoms with Crippen molar-refractivity contribution in [1.82, 2.24) is 34.6 Å². The van der Waals surface area contributed by atoms with Gasteiger partial charge in [-0.3, -0.25) is 0 Å². The molecule has 8 nitrogen and oxygen atoms in total. The molecule has 0 amide bonds. The van der Waals surface area contributed by atoms with Crippen LogP contribution in [0, 0.1) is 20.8 Å². The van der Waals surface area contributed by atoms with E-state index in [1.807, 2.05) is 20.8 Å². The Labute approximate surface area is 133 Å². The van der Waals surface area contributed by atoms with E-state index in [2.05, 4.69) is 30.0 Å². The highest BCUT2D eigenvalue weighted by molar-refractivity contribution is 7.16. The van der Waals surface area contributed by atoms with Crippen LogP contribution in [0.5, 0.6) is 0 Å². The zero-order valence-corrected chi connectivity index (χ0v) is 13.7. The molecule has 112 valence electrons. The topological polar surface area (TPSA) is 94.9 Å². The van der Waals surface area contributed by atoms with Crippen molar-refractivity contribution < 1.29 is 4.52 Å². The van der Waals surface area contributed by atoms with Gasteiger partial charge in [0.15, 0.2) is 5.82 Å². The van der Waals surface area contributed by atoms with Crippen molar-refractivity contribution in [3.63, 3.8) is 0 Å². The minimum Gasteiger partial charge on any atom is -0.361 e. The number of rotatable bonds is 3. The van der Waals surface area contributed by atoms with Gasteiger partial charge in [0.2, 0.25) is 4.96 Å². The van der Waals surface area contributed by atoms with Gasteiger partial charge in [0, 0.05) is 12.0 Å². The van der Waals surface area contributed by atoms with E-state index in [4.69, 9.17) is 4.52 Å². The first-order valence-corrected chi connectivity index (χ1v) is 8.14. The van der Waals surface area contributed by atoms with Gasteiger partial charge in [0.25, 0.3) is 0 Å². The molecule has 0 aliphatic heterocycles. The maximum atomic E-state index is 5.20. The molecule has 0 aliphatic rings. The lowest BCUT2D eigenvalue weighted by molar-refractivity contribution is 0.392. The minimum atomic E-state index is 0.675. The van der Waals surface area contributed by atoms with Crippen LogP contribution in [-0.2, 0) is 6.42 Å². The molecule has 0 aromatic carbocycles. The van der Waals surface area contributed by atoms with E-state index in [1.54, 1.807) is 4.52 Å². The first kappa shape index (κ1) is 13.5. The van der Waals surface area contributed by atoms with Crippen LogP contribution in [0.25, 0.3) is 15.7 Å². The molecule has 0 bridgehead atoms. The monoisotopic (exact) mass is 333 g/mol. The van der Waals surface area contributed by atoms with Gasteiger partial charge in [-0.25, -0.2) is 0 Å². The molecular weight excluding hydrogens is 322 g/mol. The highest BCUT2D eigenvalue weighted by atomic mass is 32.1. The minimum absolute atomic E-state index is 0.675. The Bertz CT molecular complexity index is 944. The van der Waals surface area contributed by atoms with Crippen molar-refractivity contribution in [2.75, 3.05) is 0 Å². The van der Waals surface area contributed by atoms with Crippen molar-refractivity contribution in [2.45, 2.75) is 27.2 Å². The summed E-state index contributed by atoms with van der Waals surface area (Å²) in [4.78, 5) is 1.64. The Balaban J connectivity index is 1.76. The number of fused-ring (bicyclic) bond motifs is 1. The average molecular weight is 333 g/mol. The lowest BCUT2D eigenvalue weighted by Gasteiger charge is -1.95. The Morgan fingerprint density at radius 1 is 1.09 bits per heavy atom. The molecular formula is C12H11N7OS2. The van der Waals surface area contributed by atoms with Crippen molar-refractivity contribution in [3.05, 3.63) is 27.7 Å². The second-order valence-electron chi connectivity index (χ2n) is 4.88. The summed E-state index contributed by atoms with van der Waals surface area (Å²) >= 11 is 2.81. The van der Waals surface area contributed by atoms with Crippen molar-refractivity contribution in [2.24, 2.45) is 0 Å². The summed E-state index contributed by atoms with van der Waals surface area (Å²) in [5, 5.41) is 21.9. The predicted octanol–water partition coefficient (Wildman–Crippen LogP) is 2.21. The molecule has 22 heavy (non-hydrogen) atoms. The van der Waals surface area contributed by atoms with Crippen LogP contribution >= 0.6 is 22.9 Å². The molecule has 4 aromatic rings. The van der Waals surface area contributed by atoms with E-state index < -0.39 is 0 Å². The first-order valence-electron chi connectivity index (χ1n) is 6.55. The molecule has 0 radical (unpaired) electrons. The van der Waals surface area contributed by atoms with E-state index in [0.717, 1.165) is 37.6 Å². The molecule has 0 fully saturated rings. The molecule has 4 rings (SSSR count). The summed E-state index contributed by atoms with van der Waals surface area (Å²) in [5.74, 6) is 1.51. The van der Waals surface area contributed by atoms with Crippen LogP contribution in [-0.4, -0.2) is 34.6 Å². The molecule has 10 heteroatoms. The average Bonchev–Trinajstić information content (AvgIpc) is 3.21. The third-order valence-corrected chi connectivity index (χ3v) is 5.12. The normalized spacial score (nSPS) is 11.6. The van der Waals surface area contributed by atoms with Crippen LogP contribution in [0.3, 0.4) is 0 Å². The van der Waals surface area contributed by atoms with Crippen LogP contribution in [0.2, 0.25) is 0 Å². The third kappa shape index (κ3) is 2.03. The van der Waals surface area contributed by atoms with Crippen molar-refractivity contribution >= 4 is 27.8 Å². The largest absolute Gasteiger partial charge is 0.361 e. The highest BCUT2D eigenvalue weighted by Gasteiger charge is 2.19. The summed E-state index contributed by atoms with van der Waals surface area (Å²) in [7, 11) is 0. The summed E-state index contributed by atoms with van der Waals surface area (Å²) in [5.41, 5.74) is 2.80. The van der Waals surface area contributed by atoms with E-state index in [1.165, 1.54) is 22.9 Å². The van der Waals surface area contributed by atoms with Gasteiger partial charge in [0.05, 0.1) is 11.4 Å². The molecule has 0 N–H and O–H groups in total. The summed E-state index contributed by atoms with van der Waals surface area (Å²) in [6.07, 6.45) is 0.675. The molecule has 0 unspecified atom stereocenters. The zero-order valence-electron chi connectivity index (χ0n) is 12.1. The SMILES string of the molecule is Cc1nnsc1-c1nnc2sc(Cc3c(C)noc3C)nn12. The van der Waals surface area contributed by atoms with Gasteiger partial charge in [-0.05, 0) is 32.3 Å². The fourth-order valence-electron chi connectivity index (χ4n) is 2.21. The van der Waals surface area contributed by atoms with E-state index in [9.17, 15) is 0 Å². The highest BCUT2D eigenvalue weighted by Crippen LogP contribution is 2.27. The van der Waals surface area contributed by atoms with Gasteiger partial charge in [-0.1, -0.05) is 21.0 Å². The van der Waals surface area contributed by atoms with Crippen molar-refractivity contribution in [1.29, 1.82) is 0 Å². The Hall–Kier alpha value is -2.20. The standard InChI is InChI=1S/C12H11N7OS2/c1-5-8(7(3)20-17-5)4-9-16-19-11(14-15-12(19)21-9)10-6(2)13-18-22-10/h4H2,1-3H3. The number of nitrogens with zero attached hydrogens (tertiary/aromatic N) is 7. The second-order valence-corrected chi connectivity index (χ2v) is 6.68. The Morgan fingerprint density at radius 3 is 2.64 bits per heavy atom. The first-order chi connectivity index (χ1) is 10.6. The molecule has 4 heterocycles. The number of hydrogen-bond donors (Lipinski definition) is 0. The van der Waals surface area contributed by atoms with Crippen LogP contribution in [0.1, 0.15) is 27.7 Å². The van der Waals surface area contributed by atoms with Gasteiger partial charge in [0.1, 0.15) is 15.6 Å². The smallest absolute Gasteiger partial charge is 0.235 e. The number of aryl methyl sites for hydroxylation is 3. The predicted molar refractivity (Wildman–Crippen MR) is 81.1 cm³/mol. The molecule has 0 aliphatic carbocycles. The second kappa shape index (κ2) is 4.92. The lowest BCUT2D eigenvalue weighted by Crippen LogP contribution is -1.95. The van der Waals surface area contributed by atoms with Gasteiger partial charge in [-0.2, -0.15) is 9.61 Å². The van der Waals surface area contributed by atoms with Gasteiger partial charge >= 0.3 is 0 Å². The summed E-state index contributed by atoms with van der Waals surface area (Å²) in [6.45, 7) is 5.74. The molecule has 0 saturated heterocycles. The van der Waals surface area contributed by atoms with Gasteiger partial charge < -0.3 is 4.52 Å². The van der Waals surface area contributed by atoms with Crippen molar-refractivity contribution in [3.8, 4) is 10.7 Å². The third-order valence-electron chi connectivity index (χ3n) is 3.40. The fourth-order valence-corrected chi connectivity index (χ4v) is 3.68. The molecule has 0 saturated carbocycles. The maximum Gasteiger partial charge on any atom is 0.235 e. The van der Waals surface area contributed by atoms with Crippen LogP contribution in [0.15, 0.2) is 4.52 Å². The van der Waals surface area contributed by atoms with Gasteiger partial charge in [-0.15, -0.1) is 15.3 Å². The number of aromatic nitrogens is 7. The Kier molecular flexibility index (Phi) is 3.01. The van der Waals surface area contributed by atoms with Crippen LogP contribution < -0.4 is 0 Å². The molecule has 4 aromatic heterocycles. The van der Waals surface area contributed by atoms with E-state index in [0.29, 0.717) is 12.2 Å². The van der Waals surface area contributed by atoms with E-state index in [-0.39, 0.29) is 0 Å². The zero-order chi connectivity index (χ0) is 15.3. The van der Waals surface area contributed by atoms with Crippen LogP contribution in [0.4, 0.5) is 0 Å². The fraction of sp³-hybridized carbons (Fsp3) is 0.333. The molecule has 0 atom stereocenters. The maximum absolute atomic E-state index is 5.20. The lowest BCUT2D eigenvalue weighted by atomic mass is 10.1. The molecule has 0 spiro atoms. The Morgan fingerprint density at radius 2 is 1.95 bits per heavy atom. The summed E-state index contributed by atoms with van der Waals surface area (Å²) < 4.78 is 10.9. The number of hydrogen-bond acceptors (Lipinski definition) is 9. The quantitative estimate of drug-likeness (QED) is 0.567. The summed E-state index contributed by atoms with van der Waals surface area (Å²) in [6, 6.07) is 0. The van der Waals surface area contributed by atoms with E-state index >= 15 is 0 Å².